The molecular weight excluding hydrogens is 208 g/mol. The monoisotopic (exact) mass is 240 g/mol. The zero-order valence-electron chi connectivity index (χ0n) is 12.3. The fraction of sp³-hybridized carbons (Fsp3) is 1.00. The van der Waals surface area contributed by atoms with Crippen molar-refractivity contribution in [2.45, 2.75) is 59.4 Å². The van der Waals surface area contributed by atoms with Gasteiger partial charge in [-0.15, -0.1) is 0 Å². The van der Waals surface area contributed by atoms with Gasteiger partial charge in [-0.2, -0.15) is 0 Å². The highest BCUT2D eigenvalue weighted by Crippen LogP contribution is 2.24. The summed E-state index contributed by atoms with van der Waals surface area (Å²) in [7, 11) is 0. The highest BCUT2D eigenvalue weighted by Gasteiger charge is 2.24. The Labute approximate surface area is 108 Å². The predicted molar refractivity (Wildman–Crippen MR) is 76.4 cm³/mol. The average Bonchev–Trinajstić information content (AvgIpc) is 2.78. The van der Waals surface area contributed by atoms with Crippen molar-refractivity contribution in [3.05, 3.63) is 0 Å². The second-order valence-corrected chi connectivity index (χ2v) is 6.20. The minimum atomic E-state index is 0.772. The molecule has 0 spiro atoms. The van der Waals surface area contributed by atoms with Gasteiger partial charge < -0.3 is 5.32 Å². The van der Waals surface area contributed by atoms with Crippen molar-refractivity contribution in [2.75, 3.05) is 26.2 Å². The maximum Gasteiger partial charge on any atom is 0.00954 e. The van der Waals surface area contributed by atoms with Crippen molar-refractivity contribution in [3.63, 3.8) is 0 Å². The van der Waals surface area contributed by atoms with Crippen LogP contribution in [0.2, 0.25) is 0 Å². The fourth-order valence-corrected chi connectivity index (χ4v) is 2.97. The van der Waals surface area contributed by atoms with Gasteiger partial charge in [-0.1, -0.05) is 40.5 Å². The van der Waals surface area contributed by atoms with Gasteiger partial charge in [-0.3, -0.25) is 4.90 Å². The highest BCUT2D eigenvalue weighted by atomic mass is 15.2. The molecule has 0 aromatic carbocycles. The third kappa shape index (κ3) is 5.87. The van der Waals surface area contributed by atoms with E-state index < -0.39 is 0 Å². The van der Waals surface area contributed by atoms with Crippen LogP contribution in [0, 0.1) is 11.8 Å². The van der Waals surface area contributed by atoms with Crippen molar-refractivity contribution >= 4 is 0 Å². The molecule has 2 nitrogen and oxygen atoms in total. The van der Waals surface area contributed by atoms with Crippen LogP contribution in [0.15, 0.2) is 0 Å². The number of rotatable bonds is 8. The van der Waals surface area contributed by atoms with Crippen molar-refractivity contribution in [1.82, 2.24) is 10.2 Å². The minimum absolute atomic E-state index is 0.772. The van der Waals surface area contributed by atoms with Crippen LogP contribution in [-0.4, -0.2) is 37.1 Å². The lowest BCUT2D eigenvalue weighted by molar-refractivity contribution is 0.153. The Kier molecular flexibility index (Phi) is 7.14. The van der Waals surface area contributed by atoms with Crippen LogP contribution in [0.25, 0.3) is 0 Å². The first kappa shape index (κ1) is 15.0. The molecule has 1 saturated carbocycles. The summed E-state index contributed by atoms with van der Waals surface area (Å²) >= 11 is 0. The summed E-state index contributed by atoms with van der Waals surface area (Å²) in [6.07, 6.45) is 5.75. The van der Waals surface area contributed by atoms with E-state index in [0.717, 1.165) is 31.0 Å². The van der Waals surface area contributed by atoms with E-state index in [-0.39, 0.29) is 0 Å². The second-order valence-electron chi connectivity index (χ2n) is 6.20. The summed E-state index contributed by atoms with van der Waals surface area (Å²) in [6.45, 7) is 14.1. The molecule has 1 aliphatic rings. The molecule has 1 atom stereocenters. The first-order valence-corrected chi connectivity index (χ1v) is 7.58. The number of hydrogen-bond donors (Lipinski definition) is 1. The van der Waals surface area contributed by atoms with Gasteiger partial charge in [0.1, 0.15) is 0 Å². The zero-order chi connectivity index (χ0) is 12.7. The lowest BCUT2D eigenvalue weighted by Gasteiger charge is -2.32. The lowest BCUT2D eigenvalue weighted by atomic mass is 10.1. The standard InChI is InChI=1S/C15H32N2/c1-5-16-10-14(4)12-17(11-13(2)3)15-8-6-7-9-15/h13-16H,5-12H2,1-4H3. The van der Waals surface area contributed by atoms with Crippen LogP contribution in [-0.2, 0) is 0 Å². The SMILES string of the molecule is CCNCC(C)CN(CC(C)C)C1CCCC1. The maximum atomic E-state index is 3.47. The van der Waals surface area contributed by atoms with Crippen LogP contribution in [0.5, 0.6) is 0 Å². The molecule has 0 heterocycles. The molecule has 0 aromatic rings. The van der Waals surface area contributed by atoms with E-state index in [1.807, 2.05) is 0 Å². The number of nitrogens with one attached hydrogen (secondary N) is 1. The van der Waals surface area contributed by atoms with E-state index in [0.29, 0.717) is 0 Å². The maximum absolute atomic E-state index is 3.47. The van der Waals surface area contributed by atoms with Crippen LogP contribution >= 0.6 is 0 Å². The molecule has 1 fully saturated rings. The Bertz CT molecular complexity index is 185. The number of nitrogens with zero attached hydrogens (tertiary/aromatic N) is 1. The largest absolute Gasteiger partial charge is 0.317 e. The Hall–Kier alpha value is -0.0800. The molecule has 17 heavy (non-hydrogen) atoms. The molecule has 1 N–H and O–H groups in total. The summed E-state index contributed by atoms with van der Waals surface area (Å²) in [4.78, 5) is 2.76. The Morgan fingerprint density at radius 2 is 1.76 bits per heavy atom. The van der Waals surface area contributed by atoms with Crippen molar-refractivity contribution in [3.8, 4) is 0 Å². The lowest BCUT2D eigenvalue weighted by Crippen LogP contribution is -2.41. The molecule has 0 saturated heterocycles. The predicted octanol–water partition coefficient (Wildman–Crippen LogP) is 3.13. The van der Waals surface area contributed by atoms with Crippen LogP contribution in [0.3, 0.4) is 0 Å². The van der Waals surface area contributed by atoms with Gasteiger partial charge in [0, 0.05) is 19.1 Å². The van der Waals surface area contributed by atoms with E-state index in [4.69, 9.17) is 0 Å². The van der Waals surface area contributed by atoms with Crippen LogP contribution in [0.4, 0.5) is 0 Å². The van der Waals surface area contributed by atoms with Gasteiger partial charge in [-0.05, 0) is 37.8 Å². The highest BCUT2D eigenvalue weighted by molar-refractivity contribution is 4.79. The Morgan fingerprint density at radius 1 is 1.12 bits per heavy atom. The summed E-state index contributed by atoms with van der Waals surface area (Å²) in [5, 5.41) is 3.47. The van der Waals surface area contributed by atoms with Gasteiger partial charge in [0.15, 0.2) is 0 Å². The molecule has 0 amide bonds. The second kappa shape index (κ2) is 8.10. The smallest absolute Gasteiger partial charge is 0.00954 e. The topological polar surface area (TPSA) is 15.3 Å². The third-order valence-corrected chi connectivity index (χ3v) is 3.73. The van der Waals surface area contributed by atoms with E-state index in [1.54, 1.807) is 0 Å². The minimum Gasteiger partial charge on any atom is -0.317 e. The van der Waals surface area contributed by atoms with E-state index >= 15 is 0 Å². The molecule has 0 aromatic heterocycles. The van der Waals surface area contributed by atoms with Crippen molar-refractivity contribution < 1.29 is 0 Å². The van der Waals surface area contributed by atoms with E-state index in [1.165, 1.54) is 38.8 Å². The first-order chi connectivity index (χ1) is 8.13. The van der Waals surface area contributed by atoms with Gasteiger partial charge in [0.2, 0.25) is 0 Å². The molecule has 1 rings (SSSR count). The van der Waals surface area contributed by atoms with E-state index in [9.17, 15) is 0 Å². The molecule has 2 heteroatoms. The molecule has 0 bridgehead atoms. The quantitative estimate of drug-likeness (QED) is 0.701. The Balaban J connectivity index is 2.38. The number of hydrogen-bond acceptors (Lipinski definition) is 2. The van der Waals surface area contributed by atoms with Crippen LogP contribution < -0.4 is 5.32 Å². The van der Waals surface area contributed by atoms with Gasteiger partial charge in [0.25, 0.3) is 0 Å². The van der Waals surface area contributed by atoms with E-state index in [2.05, 4.69) is 37.9 Å². The summed E-state index contributed by atoms with van der Waals surface area (Å²) < 4.78 is 0. The van der Waals surface area contributed by atoms with Crippen LogP contribution in [0.1, 0.15) is 53.4 Å². The van der Waals surface area contributed by atoms with Gasteiger partial charge in [-0.25, -0.2) is 0 Å². The van der Waals surface area contributed by atoms with Gasteiger partial charge in [0.05, 0.1) is 0 Å². The third-order valence-electron chi connectivity index (χ3n) is 3.73. The fourth-order valence-electron chi connectivity index (χ4n) is 2.97. The molecule has 0 aliphatic heterocycles. The molecule has 1 unspecified atom stereocenters. The molecular formula is C15H32N2. The average molecular weight is 240 g/mol. The molecule has 102 valence electrons. The molecule has 0 radical (unpaired) electrons. The zero-order valence-corrected chi connectivity index (χ0v) is 12.3. The van der Waals surface area contributed by atoms with Crippen molar-refractivity contribution in [2.24, 2.45) is 11.8 Å². The Morgan fingerprint density at radius 3 is 2.29 bits per heavy atom. The normalized spacial score (nSPS) is 19.4. The summed E-state index contributed by atoms with van der Waals surface area (Å²) in [6, 6.07) is 0.876. The van der Waals surface area contributed by atoms with Crippen molar-refractivity contribution in [1.29, 1.82) is 0 Å². The summed E-state index contributed by atoms with van der Waals surface area (Å²) in [5.74, 6) is 1.57. The van der Waals surface area contributed by atoms with Gasteiger partial charge >= 0.3 is 0 Å². The summed E-state index contributed by atoms with van der Waals surface area (Å²) in [5.41, 5.74) is 0. The first-order valence-electron chi connectivity index (χ1n) is 7.58. The molecule has 1 aliphatic carbocycles.